The molecule has 0 heterocycles. The molecule has 0 fully saturated rings. The first-order chi connectivity index (χ1) is 14.1. The molecule has 0 bridgehead atoms. The third-order valence-corrected chi connectivity index (χ3v) is 7.64. The highest BCUT2D eigenvalue weighted by Crippen LogP contribution is 2.53. The summed E-state index contributed by atoms with van der Waals surface area (Å²) in [6.45, 7) is 0. The van der Waals surface area contributed by atoms with Gasteiger partial charge in [0.25, 0.3) is 0 Å². The first-order valence-corrected chi connectivity index (χ1v) is 11.1. The van der Waals surface area contributed by atoms with Crippen LogP contribution in [0, 0.1) is 5.82 Å². The third-order valence-electron chi connectivity index (χ3n) is 4.92. The first kappa shape index (κ1) is 23.8. The fourth-order valence-electron chi connectivity index (χ4n) is 3.33. The maximum Gasteiger partial charge on any atom is 0.435 e. The summed E-state index contributed by atoms with van der Waals surface area (Å²) in [4.78, 5) is 0.177. The standard InChI is InChI=1S/C20H13BrF8OS/c1-31(30,13-6-8-16(22)15(21)10-13)17-4-2-3-11-9-12(5-7-14(11)17)18(23,19(24,25)26)20(27,28)29/h4-10H,1-3H2. The van der Waals surface area contributed by atoms with Gasteiger partial charge in [-0.1, -0.05) is 24.3 Å². The number of alkyl halides is 7. The second-order valence-corrected chi connectivity index (χ2v) is 10.0. The lowest BCUT2D eigenvalue weighted by Crippen LogP contribution is -2.50. The molecule has 0 spiro atoms. The Kier molecular flexibility index (Phi) is 5.84. The normalized spacial score (nSPS) is 17.0. The predicted octanol–water partition coefficient (Wildman–Crippen LogP) is 6.94. The van der Waals surface area contributed by atoms with Gasteiger partial charge in [-0.15, -0.1) is 0 Å². The van der Waals surface area contributed by atoms with E-state index in [1.54, 1.807) is 0 Å². The SMILES string of the molecule is C=S(=O)(C1=CCCc2cc(C(F)(C(F)(F)F)C(F)(F)F)ccc21)c1ccc(F)c(Br)c1. The molecule has 1 aliphatic rings. The Labute approximate surface area is 180 Å². The van der Waals surface area contributed by atoms with Gasteiger partial charge >= 0.3 is 18.0 Å². The summed E-state index contributed by atoms with van der Waals surface area (Å²) in [5, 5.41) is 0. The van der Waals surface area contributed by atoms with Crippen LogP contribution in [0.3, 0.4) is 0 Å². The van der Waals surface area contributed by atoms with Crippen LogP contribution in [0.2, 0.25) is 0 Å². The van der Waals surface area contributed by atoms with E-state index in [4.69, 9.17) is 0 Å². The molecule has 0 amide bonds. The molecule has 0 N–H and O–H groups in total. The molecule has 1 nitrogen and oxygen atoms in total. The molecule has 0 radical (unpaired) electrons. The quantitative estimate of drug-likeness (QED) is 0.309. The van der Waals surface area contributed by atoms with E-state index in [-0.39, 0.29) is 38.2 Å². The molecule has 31 heavy (non-hydrogen) atoms. The lowest BCUT2D eigenvalue weighted by atomic mass is 9.88. The highest BCUT2D eigenvalue weighted by atomic mass is 79.9. The summed E-state index contributed by atoms with van der Waals surface area (Å²) in [6, 6.07) is 5.26. The molecule has 0 aromatic heterocycles. The van der Waals surface area contributed by atoms with Crippen molar-refractivity contribution in [1.82, 2.24) is 0 Å². The largest absolute Gasteiger partial charge is 0.435 e. The van der Waals surface area contributed by atoms with Crippen molar-refractivity contribution in [2.24, 2.45) is 0 Å². The average Bonchev–Trinajstić information content (AvgIpc) is 2.66. The van der Waals surface area contributed by atoms with Crippen molar-refractivity contribution in [2.75, 3.05) is 0 Å². The van der Waals surface area contributed by atoms with E-state index < -0.39 is 38.9 Å². The molecule has 2 aromatic rings. The van der Waals surface area contributed by atoms with Crippen LogP contribution in [0.4, 0.5) is 35.1 Å². The minimum atomic E-state index is -6.23. The van der Waals surface area contributed by atoms with Gasteiger partial charge in [0.2, 0.25) is 0 Å². The minimum Gasteiger partial charge on any atom is -0.258 e. The van der Waals surface area contributed by atoms with Crippen molar-refractivity contribution in [3.8, 4) is 0 Å². The molecule has 168 valence electrons. The highest BCUT2D eigenvalue weighted by Gasteiger charge is 2.73. The summed E-state index contributed by atoms with van der Waals surface area (Å²) in [7, 11) is -3.29. The molecule has 0 aliphatic heterocycles. The summed E-state index contributed by atoms with van der Waals surface area (Å²) in [6.07, 6.45) is -10.8. The number of rotatable bonds is 3. The summed E-state index contributed by atoms with van der Waals surface area (Å²) < 4.78 is 120. The van der Waals surface area contributed by atoms with Gasteiger partial charge < -0.3 is 0 Å². The Bertz CT molecular complexity index is 1150. The van der Waals surface area contributed by atoms with Crippen molar-refractivity contribution >= 4 is 36.2 Å². The zero-order valence-electron chi connectivity index (χ0n) is 15.4. The van der Waals surface area contributed by atoms with Crippen molar-refractivity contribution in [1.29, 1.82) is 0 Å². The maximum absolute atomic E-state index is 14.4. The van der Waals surface area contributed by atoms with Crippen LogP contribution < -0.4 is 0 Å². The fourth-order valence-corrected chi connectivity index (χ4v) is 5.65. The summed E-state index contributed by atoms with van der Waals surface area (Å²) >= 11 is 2.96. The van der Waals surface area contributed by atoms with Crippen LogP contribution in [0.5, 0.6) is 0 Å². The third kappa shape index (κ3) is 3.90. The van der Waals surface area contributed by atoms with Crippen LogP contribution in [-0.2, 0) is 21.6 Å². The van der Waals surface area contributed by atoms with E-state index in [9.17, 15) is 39.3 Å². The topological polar surface area (TPSA) is 17.1 Å². The molecule has 2 aromatic carbocycles. The Balaban J connectivity index is 2.14. The number of halogens is 9. The van der Waals surface area contributed by atoms with Crippen LogP contribution >= 0.6 is 15.9 Å². The van der Waals surface area contributed by atoms with Crippen molar-refractivity contribution in [3.05, 3.63) is 69.5 Å². The van der Waals surface area contributed by atoms with Gasteiger partial charge in [0.1, 0.15) is 5.82 Å². The van der Waals surface area contributed by atoms with Gasteiger partial charge in [-0.2, -0.15) is 26.3 Å². The molecular formula is C20H13BrF8OS. The zero-order chi connectivity index (χ0) is 23.4. The highest BCUT2D eigenvalue weighted by molar-refractivity contribution is 9.10. The first-order valence-electron chi connectivity index (χ1n) is 8.59. The van der Waals surface area contributed by atoms with Crippen LogP contribution in [-0.4, -0.2) is 22.4 Å². The molecule has 1 unspecified atom stereocenters. The number of allylic oxidation sites excluding steroid dienone is 1. The summed E-state index contributed by atoms with van der Waals surface area (Å²) in [5.74, 6) is 3.04. The van der Waals surface area contributed by atoms with E-state index in [0.29, 0.717) is 12.1 Å². The van der Waals surface area contributed by atoms with Crippen molar-refractivity contribution in [3.63, 3.8) is 0 Å². The molecule has 0 saturated carbocycles. The van der Waals surface area contributed by atoms with Crippen LogP contribution in [0.1, 0.15) is 23.1 Å². The Morgan fingerprint density at radius 3 is 2.10 bits per heavy atom. The van der Waals surface area contributed by atoms with Crippen molar-refractivity contribution in [2.45, 2.75) is 35.8 Å². The number of hydrogen-bond donors (Lipinski definition) is 0. The number of hydrogen-bond acceptors (Lipinski definition) is 1. The van der Waals surface area contributed by atoms with Gasteiger partial charge in [-0.25, -0.2) is 8.78 Å². The maximum atomic E-state index is 14.4. The lowest BCUT2D eigenvalue weighted by molar-refractivity contribution is -0.348. The van der Waals surface area contributed by atoms with E-state index in [0.717, 1.165) is 12.1 Å². The van der Waals surface area contributed by atoms with Crippen LogP contribution in [0.25, 0.3) is 4.91 Å². The number of benzene rings is 2. The summed E-state index contributed by atoms with van der Waals surface area (Å²) in [5.41, 5.74) is -7.08. The Morgan fingerprint density at radius 1 is 0.935 bits per heavy atom. The Hall–Kier alpha value is -1.88. The van der Waals surface area contributed by atoms with E-state index in [1.807, 2.05) is 0 Å². The smallest absolute Gasteiger partial charge is 0.258 e. The minimum absolute atomic E-state index is 0.00548. The molecule has 0 saturated heterocycles. The molecular weight excluding hydrogens is 520 g/mol. The number of fused-ring (bicyclic) bond motifs is 1. The van der Waals surface area contributed by atoms with Crippen LogP contribution in [0.15, 0.2) is 51.8 Å². The van der Waals surface area contributed by atoms with Gasteiger partial charge in [0.05, 0.1) is 4.47 Å². The fraction of sp³-hybridized carbons (Fsp3) is 0.250. The predicted molar refractivity (Wildman–Crippen MR) is 105 cm³/mol. The van der Waals surface area contributed by atoms with E-state index >= 15 is 0 Å². The molecule has 11 heteroatoms. The average molecular weight is 533 g/mol. The molecule has 3 rings (SSSR count). The van der Waals surface area contributed by atoms with E-state index in [2.05, 4.69) is 21.8 Å². The van der Waals surface area contributed by atoms with Gasteiger partial charge in [-0.05, 0) is 64.0 Å². The molecule has 1 aliphatic carbocycles. The van der Waals surface area contributed by atoms with E-state index in [1.165, 1.54) is 18.2 Å². The Morgan fingerprint density at radius 2 is 1.55 bits per heavy atom. The molecule has 1 atom stereocenters. The van der Waals surface area contributed by atoms with Gasteiger partial charge in [0.15, 0.2) is 0 Å². The zero-order valence-corrected chi connectivity index (χ0v) is 17.8. The second-order valence-electron chi connectivity index (χ2n) is 6.88. The second kappa shape index (κ2) is 7.61. The monoisotopic (exact) mass is 532 g/mol. The van der Waals surface area contributed by atoms with Crippen molar-refractivity contribution < 1.29 is 39.3 Å². The van der Waals surface area contributed by atoms with Gasteiger partial charge in [0, 0.05) is 24.9 Å². The van der Waals surface area contributed by atoms with Gasteiger partial charge in [-0.3, -0.25) is 4.21 Å². The number of aryl methyl sites for hydroxylation is 1. The lowest BCUT2D eigenvalue weighted by Gasteiger charge is -2.31.